The molecule has 0 fully saturated rings. The van der Waals surface area contributed by atoms with E-state index in [1.807, 2.05) is 39.2 Å². The molecule has 0 aliphatic heterocycles. The zero-order chi connectivity index (χ0) is 11.0. The van der Waals surface area contributed by atoms with Gasteiger partial charge < -0.3 is 5.73 Å². The minimum absolute atomic E-state index is 0.722. The van der Waals surface area contributed by atoms with E-state index in [2.05, 4.69) is 10.1 Å². The van der Waals surface area contributed by atoms with Crippen molar-refractivity contribution in [1.29, 1.82) is 0 Å². The third-order valence-electron chi connectivity index (χ3n) is 2.42. The summed E-state index contributed by atoms with van der Waals surface area (Å²) in [7, 11) is 1.90. The Hall–Kier alpha value is -1.84. The standard InChI is InChI=1S/C11H14N4/c1-7-9(6-15(3)14-7)11-5-4-10(12)8(2)13-11/h4-6H,12H2,1-3H3. The predicted molar refractivity (Wildman–Crippen MR) is 60.3 cm³/mol. The van der Waals surface area contributed by atoms with Gasteiger partial charge in [-0.05, 0) is 26.0 Å². The van der Waals surface area contributed by atoms with E-state index in [4.69, 9.17) is 5.73 Å². The molecule has 0 unspecified atom stereocenters. The van der Waals surface area contributed by atoms with Crippen LogP contribution in [0.3, 0.4) is 0 Å². The van der Waals surface area contributed by atoms with E-state index in [1.54, 1.807) is 4.68 Å². The summed E-state index contributed by atoms with van der Waals surface area (Å²) in [4.78, 5) is 4.44. The molecule has 78 valence electrons. The molecular formula is C11H14N4. The monoisotopic (exact) mass is 202 g/mol. The van der Waals surface area contributed by atoms with Crippen LogP contribution in [0.4, 0.5) is 5.69 Å². The van der Waals surface area contributed by atoms with E-state index in [9.17, 15) is 0 Å². The van der Waals surface area contributed by atoms with Crippen molar-refractivity contribution in [1.82, 2.24) is 14.8 Å². The first-order valence-corrected chi connectivity index (χ1v) is 4.81. The molecule has 2 aromatic rings. The van der Waals surface area contributed by atoms with Gasteiger partial charge in [0.2, 0.25) is 0 Å². The van der Waals surface area contributed by atoms with Gasteiger partial charge >= 0.3 is 0 Å². The summed E-state index contributed by atoms with van der Waals surface area (Å²) in [6.45, 7) is 3.88. The van der Waals surface area contributed by atoms with Gasteiger partial charge in [-0.15, -0.1) is 0 Å². The summed E-state index contributed by atoms with van der Waals surface area (Å²) in [5.74, 6) is 0. The summed E-state index contributed by atoms with van der Waals surface area (Å²) in [5.41, 5.74) is 10.3. The van der Waals surface area contributed by atoms with Crippen LogP contribution >= 0.6 is 0 Å². The lowest BCUT2D eigenvalue weighted by molar-refractivity contribution is 0.756. The molecule has 0 aliphatic carbocycles. The van der Waals surface area contributed by atoms with Crippen LogP contribution in [0.15, 0.2) is 18.3 Å². The van der Waals surface area contributed by atoms with Gasteiger partial charge in [0, 0.05) is 18.8 Å². The Labute approximate surface area is 88.8 Å². The molecule has 0 radical (unpaired) electrons. The van der Waals surface area contributed by atoms with Crippen LogP contribution in [0, 0.1) is 13.8 Å². The third-order valence-corrected chi connectivity index (χ3v) is 2.42. The smallest absolute Gasteiger partial charge is 0.0741 e. The highest BCUT2D eigenvalue weighted by atomic mass is 15.2. The quantitative estimate of drug-likeness (QED) is 0.765. The highest BCUT2D eigenvalue weighted by Gasteiger charge is 2.07. The molecule has 0 saturated carbocycles. The van der Waals surface area contributed by atoms with Crippen molar-refractivity contribution < 1.29 is 0 Å². The molecular weight excluding hydrogens is 188 g/mol. The van der Waals surface area contributed by atoms with Crippen molar-refractivity contribution in [3.8, 4) is 11.3 Å². The summed E-state index contributed by atoms with van der Waals surface area (Å²) >= 11 is 0. The van der Waals surface area contributed by atoms with Gasteiger partial charge in [-0.2, -0.15) is 5.10 Å². The second-order valence-corrected chi connectivity index (χ2v) is 3.67. The molecule has 0 spiro atoms. The summed E-state index contributed by atoms with van der Waals surface area (Å²) in [6.07, 6.45) is 1.97. The van der Waals surface area contributed by atoms with E-state index in [0.717, 1.165) is 28.3 Å². The maximum absolute atomic E-state index is 5.73. The lowest BCUT2D eigenvalue weighted by Crippen LogP contribution is -1.94. The molecule has 0 aromatic carbocycles. The van der Waals surface area contributed by atoms with E-state index < -0.39 is 0 Å². The number of rotatable bonds is 1. The van der Waals surface area contributed by atoms with Crippen molar-refractivity contribution in [2.45, 2.75) is 13.8 Å². The lowest BCUT2D eigenvalue weighted by atomic mass is 10.1. The molecule has 0 bridgehead atoms. The van der Waals surface area contributed by atoms with Crippen molar-refractivity contribution >= 4 is 5.69 Å². The van der Waals surface area contributed by atoms with Crippen molar-refractivity contribution in [2.24, 2.45) is 7.05 Å². The average Bonchev–Trinajstić information content (AvgIpc) is 2.50. The van der Waals surface area contributed by atoms with E-state index in [0.29, 0.717) is 0 Å². The summed E-state index contributed by atoms with van der Waals surface area (Å²) in [6, 6.07) is 3.80. The second-order valence-electron chi connectivity index (χ2n) is 3.67. The highest BCUT2D eigenvalue weighted by Crippen LogP contribution is 2.22. The normalized spacial score (nSPS) is 10.6. The number of aromatic nitrogens is 3. The maximum Gasteiger partial charge on any atom is 0.0741 e. The van der Waals surface area contributed by atoms with Gasteiger partial charge in [-0.25, -0.2) is 0 Å². The minimum Gasteiger partial charge on any atom is -0.397 e. The molecule has 2 heterocycles. The van der Waals surface area contributed by atoms with E-state index >= 15 is 0 Å². The molecule has 0 atom stereocenters. The Bertz CT molecular complexity index is 499. The van der Waals surface area contributed by atoms with E-state index in [1.165, 1.54) is 0 Å². The average molecular weight is 202 g/mol. The third kappa shape index (κ3) is 1.70. The second kappa shape index (κ2) is 3.38. The fraction of sp³-hybridized carbons (Fsp3) is 0.273. The number of nitrogen functional groups attached to an aromatic ring is 1. The van der Waals surface area contributed by atoms with Crippen LogP contribution in [0.2, 0.25) is 0 Å². The predicted octanol–water partition coefficient (Wildman–Crippen LogP) is 1.68. The van der Waals surface area contributed by atoms with E-state index in [-0.39, 0.29) is 0 Å². The fourth-order valence-corrected chi connectivity index (χ4v) is 1.57. The first-order chi connectivity index (χ1) is 7.08. The molecule has 0 amide bonds. The Balaban J connectivity index is 2.54. The highest BCUT2D eigenvalue weighted by molar-refractivity contribution is 5.63. The first kappa shape index (κ1) is 9.71. The zero-order valence-corrected chi connectivity index (χ0v) is 9.15. The number of nitrogens with zero attached hydrogens (tertiary/aromatic N) is 3. The van der Waals surface area contributed by atoms with Crippen LogP contribution in [0.1, 0.15) is 11.4 Å². The van der Waals surface area contributed by atoms with Gasteiger partial charge in [0.1, 0.15) is 0 Å². The number of hydrogen-bond acceptors (Lipinski definition) is 3. The zero-order valence-electron chi connectivity index (χ0n) is 9.15. The summed E-state index contributed by atoms with van der Waals surface area (Å²) in [5, 5.41) is 4.28. The summed E-state index contributed by atoms with van der Waals surface area (Å²) < 4.78 is 1.79. The maximum atomic E-state index is 5.73. The van der Waals surface area contributed by atoms with Crippen molar-refractivity contribution in [2.75, 3.05) is 5.73 Å². The molecule has 2 rings (SSSR count). The van der Waals surface area contributed by atoms with Crippen LogP contribution < -0.4 is 5.73 Å². The van der Waals surface area contributed by atoms with Crippen LogP contribution in [-0.2, 0) is 7.05 Å². The van der Waals surface area contributed by atoms with Crippen molar-refractivity contribution in [3.05, 3.63) is 29.7 Å². The molecule has 4 nitrogen and oxygen atoms in total. The van der Waals surface area contributed by atoms with Gasteiger partial charge in [-0.3, -0.25) is 9.67 Å². The van der Waals surface area contributed by atoms with Gasteiger partial charge in [0.05, 0.1) is 22.8 Å². The fourth-order valence-electron chi connectivity index (χ4n) is 1.57. The lowest BCUT2D eigenvalue weighted by Gasteiger charge is -2.02. The first-order valence-electron chi connectivity index (χ1n) is 4.81. The van der Waals surface area contributed by atoms with Crippen LogP contribution in [0.5, 0.6) is 0 Å². The number of nitrogens with two attached hydrogens (primary N) is 1. The number of aryl methyl sites for hydroxylation is 3. The minimum atomic E-state index is 0.722. The number of anilines is 1. The Kier molecular flexibility index (Phi) is 2.19. The Morgan fingerprint density at radius 1 is 1.20 bits per heavy atom. The SMILES string of the molecule is Cc1nc(-c2cn(C)nc2C)ccc1N. The molecule has 4 heteroatoms. The van der Waals surface area contributed by atoms with Crippen molar-refractivity contribution in [3.63, 3.8) is 0 Å². The van der Waals surface area contributed by atoms with Crippen LogP contribution in [-0.4, -0.2) is 14.8 Å². The van der Waals surface area contributed by atoms with Gasteiger partial charge in [0.15, 0.2) is 0 Å². The molecule has 2 N–H and O–H groups in total. The van der Waals surface area contributed by atoms with Gasteiger partial charge in [0.25, 0.3) is 0 Å². The number of hydrogen-bond donors (Lipinski definition) is 1. The number of pyridine rings is 1. The molecule has 0 saturated heterocycles. The van der Waals surface area contributed by atoms with Crippen LogP contribution in [0.25, 0.3) is 11.3 Å². The Morgan fingerprint density at radius 2 is 1.93 bits per heavy atom. The largest absolute Gasteiger partial charge is 0.397 e. The Morgan fingerprint density at radius 3 is 2.47 bits per heavy atom. The molecule has 15 heavy (non-hydrogen) atoms. The van der Waals surface area contributed by atoms with Gasteiger partial charge in [-0.1, -0.05) is 0 Å². The topological polar surface area (TPSA) is 56.7 Å². The molecule has 2 aromatic heterocycles. The molecule has 0 aliphatic rings.